The fourth-order valence-electron chi connectivity index (χ4n) is 2.57. The van der Waals surface area contributed by atoms with E-state index in [0.29, 0.717) is 0 Å². The van der Waals surface area contributed by atoms with Gasteiger partial charge in [0.05, 0.1) is 11.8 Å². The van der Waals surface area contributed by atoms with E-state index in [4.69, 9.17) is 5.11 Å². The highest BCUT2D eigenvalue weighted by atomic mass is 19.4. The topological polar surface area (TPSA) is 119 Å². The molecule has 1 aromatic heterocycles. The van der Waals surface area contributed by atoms with Gasteiger partial charge in [-0.2, -0.15) is 13.2 Å². The quantitative estimate of drug-likeness (QED) is 0.634. The standard InChI is InChI=1S/C12H13F3N4O5/c1-6-16-9(19(23)24)4-17(6)5-10(20)18-2-7(11(21)22)8(3-18)12(13,14)15/h4,7-8H,2-3,5H2,1H3,(H,21,22)/t7-,8-/m1/s1. The van der Waals surface area contributed by atoms with Crippen molar-refractivity contribution in [3.63, 3.8) is 0 Å². The smallest absolute Gasteiger partial charge is 0.394 e. The minimum Gasteiger partial charge on any atom is -0.481 e. The van der Waals surface area contributed by atoms with E-state index in [1.807, 2.05) is 0 Å². The number of aryl methyl sites for hydroxylation is 1. The van der Waals surface area contributed by atoms with Crippen LogP contribution in [0.5, 0.6) is 0 Å². The average Bonchev–Trinajstić information content (AvgIpc) is 3.03. The van der Waals surface area contributed by atoms with E-state index in [0.717, 1.165) is 15.7 Å². The molecule has 24 heavy (non-hydrogen) atoms. The van der Waals surface area contributed by atoms with Crippen LogP contribution in [-0.4, -0.2) is 55.6 Å². The molecule has 0 spiro atoms. The number of carboxylic acid groups (broad SMARTS) is 1. The second-order valence-corrected chi connectivity index (χ2v) is 5.42. The molecule has 0 radical (unpaired) electrons. The lowest BCUT2D eigenvalue weighted by Gasteiger charge is -2.18. The van der Waals surface area contributed by atoms with Crippen molar-refractivity contribution < 1.29 is 32.8 Å². The SMILES string of the molecule is Cc1nc([N+](=O)[O-])cn1CC(=O)N1C[C@@H](C(F)(F)F)[C@H](C(=O)O)C1. The summed E-state index contributed by atoms with van der Waals surface area (Å²) in [5, 5.41) is 19.5. The highest BCUT2D eigenvalue weighted by Gasteiger charge is 2.53. The van der Waals surface area contributed by atoms with Crippen molar-refractivity contribution in [3.05, 3.63) is 22.1 Å². The third-order valence-electron chi connectivity index (χ3n) is 3.87. The number of hydrogen-bond donors (Lipinski definition) is 1. The number of amides is 1. The van der Waals surface area contributed by atoms with Gasteiger partial charge in [0, 0.05) is 20.0 Å². The van der Waals surface area contributed by atoms with E-state index in [2.05, 4.69) is 4.98 Å². The lowest BCUT2D eigenvalue weighted by atomic mass is 9.96. The molecule has 12 heteroatoms. The van der Waals surface area contributed by atoms with Gasteiger partial charge in [-0.1, -0.05) is 0 Å². The number of carbonyl (C=O) groups excluding carboxylic acids is 1. The van der Waals surface area contributed by atoms with E-state index in [-0.39, 0.29) is 5.82 Å². The molecule has 1 amide bonds. The van der Waals surface area contributed by atoms with Crippen LogP contribution in [0.1, 0.15) is 5.82 Å². The van der Waals surface area contributed by atoms with Gasteiger partial charge >= 0.3 is 18.0 Å². The maximum atomic E-state index is 12.9. The lowest BCUT2D eigenvalue weighted by molar-refractivity contribution is -0.389. The van der Waals surface area contributed by atoms with E-state index in [1.165, 1.54) is 6.92 Å². The van der Waals surface area contributed by atoms with Crippen LogP contribution in [-0.2, 0) is 16.1 Å². The zero-order valence-electron chi connectivity index (χ0n) is 12.4. The summed E-state index contributed by atoms with van der Waals surface area (Å²) in [6, 6.07) is 0. The molecule has 1 N–H and O–H groups in total. The van der Waals surface area contributed by atoms with Crippen LogP contribution in [0.15, 0.2) is 6.20 Å². The molecular weight excluding hydrogens is 337 g/mol. The zero-order chi connectivity index (χ0) is 18.2. The molecule has 0 bridgehead atoms. The van der Waals surface area contributed by atoms with Gasteiger partial charge in [0.15, 0.2) is 0 Å². The van der Waals surface area contributed by atoms with Gasteiger partial charge in [-0.3, -0.25) is 14.2 Å². The highest BCUT2D eigenvalue weighted by molar-refractivity contribution is 5.79. The molecule has 132 valence electrons. The second kappa shape index (κ2) is 6.09. The number of halogens is 3. The van der Waals surface area contributed by atoms with Gasteiger partial charge in [-0.15, -0.1) is 0 Å². The number of aliphatic carboxylic acids is 1. The van der Waals surface area contributed by atoms with Crippen molar-refractivity contribution in [1.29, 1.82) is 0 Å². The number of rotatable bonds is 4. The fraction of sp³-hybridized carbons (Fsp3) is 0.583. The lowest BCUT2D eigenvalue weighted by Crippen LogP contribution is -2.34. The first-order chi connectivity index (χ1) is 11.0. The Morgan fingerprint density at radius 2 is 2.08 bits per heavy atom. The van der Waals surface area contributed by atoms with Gasteiger partial charge in [0.25, 0.3) is 0 Å². The first kappa shape index (κ1) is 17.7. The Hall–Kier alpha value is -2.66. The van der Waals surface area contributed by atoms with Crippen LogP contribution < -0.4 is 0 Å². The second-order valence-electron chi connectivity index (χ2n) is 5.42. The summed E-state index contributed by atoms with van der Waals surface area (Å²) in [6.45, 7) is -0.365. The minimum atomic E-state index is -4.73. The van der Waals surface area contributed by atoms with Crippen LogP contribution in [0.4, 0.5) is 19.0 Å². The normalized spacial score (nSPS) is 21.1. The molecule has 1 fully saturated rings. The van der Waals surface area contributed by atoms with Gasteiger partial charge in [0.1, 0.15) is 12.7 Å². The number of hydrogen-bond acceptors (Lipinski definition) is 5. The van der Waals surface area contributed by atoms with Gasteiger partial charge in [0.2, 0.25) is 11.7 Å². The Kier molecular flexibility index (Phi) is 4.49. The molecule has 0 unspecified atom stereocenters. The number of likely N-dealkylation sites (tertiary alicyclic amines) is 1. The van der Waals surface area contributed by atoms with Crippen molar-refractivity contribution in [1.82, 2.24) is 14.5 Å². The van der Waals surface area contributed by atoms with Crippen molar-refractivity contribution in [3.8, 4) is 0 Å². The van der Waals surface area contributed by atoms with E-state index >= 15 is 0 Å². The Bertz CT molecular complexity index is 687. The summed E-state index contributed by atoms with van der Waals surface area (Å²) in [5.74, 6) is -6.59. The summed E-state index contributed by atoms with van der Waals surface area (Å²) in [4.78, 5) is 37.4. The average molecular weight is 350 g/mol. The Morgan fingerprint density at radius 3 is 2.50 bits per heavy atom. The largest absolute Gasteiger partial charge is 0.481 e. The first-order valence-electron chi connectivity index (χ1n) is 6.76. The molecular formula is C12H13F3N4O5. The van der Waals surface area contributed by atoms with Crippen molar-refractivity contribution in [2.75, 3.05) is 13.1 Å². The summed E-state index contributed by atoms with van der Waals surface area (Å²) in [6.07, 6.45) is -3.74. The number of imidazole rings is 1. The maximum absolute atomic E-state index is 12.9. The minimum absolute atomic E-state index is 0.149. The van der Waals surface area contributed by atoms with E-state index in [9.17, 15) is 32.9 Å². The van der Waals surface area contributed by atoms with Crippen LogP contribution in [0, 0.1) is 28.9 Å². The van der Waals surface area contributed by atoms with Crippen LogP contribution in [0.25, 0.3) is 0 Å². The summed E-state index contributed by atoms with van der Waals surface area (Å²) in [5.41, 5.74) is 0. The number of nitrogens with zero attached hydrogens (tertiary/aromatic N) is 4. The predicted molar refractivity (Wildman–Crippen MR) is 70.9 cm³/mol. The van der Waals surface area contributed by atoms with Gasteiger partial charge in [-0.25, -0.2) is 0 Å². The van der Waals surface area contributed by atoms with Crippen molar-refractivity contribution in [2.45, 2.75) is 19.6 Å². The third kappa shape index (κ3) is 3.46. The summed E-state index contributed by atoms with van der Waals surface area (Å²) < 4.78 is 39.8. The summed E-state index contributed by atoms with van der Waals surface area (Å²) in [7, 11) is 0. The van der Waals surface area contributed by atoms with Crippen LogP contribution in [0.2, 0.25) is 0 Å². The number of aromatic nitrogens is 2. The van der Waals surface area contributed by atoms with Crippen LogP contribution >= 0.6 is 0 Å². The number of carbonyl (C=O) groups is 2. The van der Waals surface area contributed by atoms with E-state index < -0.39 is 60.3 Å². The molecule has 0 aromatic carbocycles. The third-order valence-corrected chi connectivity index (χ3v) is 3.87. The Morgan fingerprint density at radius 1 is 1.46 bits per heavy atom. The summed E-state index contributed by atoms with van der Waals surface area (Å²) >= 11 is 0. The molecule has 1 aromatic rings. The number of carboxylic acids is 1. The molecule has 9 nitrogen and oxygen atoms in total. The van der Waals surface area contributed by atoms with Crippen molar-refractivity contribution in [2.24, 2.45) is 11.8 Å². The molecule has 0 saturated carbocycles. The molecule has 2 rings (SSSR count). The molecule has 2 heterocycles. The molecule has 1 saturated heterocycles. The van der Waals surface area contributed by atoms with Crippen molar-refractivity contribution >= 4 is 17.7 Å². The predicted octanol–water partition coefficient (Wildman–Crippen LogP) is 0.821. The Balaban J connectivity index is 2.13. The number of nitro groups is 1. The van der Waals surface area contributed by atoms with E-state index in [1.54, 1.807) is 0 Å². The molecule has 2 atom stereocenters. The fourth-order valence-corrected chi connectivity index (χ4v) is 2.57. The highest BCUT2D eigenvalue weighted by Crippen LogP contribution is 2.37. The molecule has 0 aliphatic carbocycles. The molecule has 1 aliphatic heterocycles. The van der Waals surface area contributed by atoms with Gasteiger partial charge < -0.3 is 20.1 Å². The number of alkyl halides is 3. The zero-order valence-corrected chi connectivity index (χ0v) is 12.4. The van der Waals surface area contributed by atoms with Gasteiger partial charge in [-0.05, 0) is 9.91 Å². The monoisotopic (exact) mass is 350 g/mol. The molecule has 1 aliphatic rings. The Labute approximate surface area is 132 Å². The van der Waals surface area contributed by atoms with Crippen LogP contribution in [0.3, 0.4) is 0 Å². The maximum Gasteiger partial charge on any atom is 0.394 e. The first-order valence-corrected chi connectivity index (χ1v) is 6.76.